The molecule has 0 bridgehead atoms. The molecule has 0 aliphatic heterocycles. The molecule has 3 rings (SSSR count). The van der Waals surface area contributed by atoms with E-state index >= 15 is 0 Å². The molecule has 0 spiro atoms. The summed E-state index contributed by atoms with van der Waals surface area (Å²) in [5.74, 6) is 0. The highest BCUT2D eigenvalue weighted by Crippen LogP contribution is 2.28. The van der Waals surface area contributed by atoms with Crippen molar-refractivity contribution in [1.29, 1.82) is 0 Å². The molecule has 0 saturated heterocycles. The zero-order chi connectivity index (χ0) is 11.8. The quantitative estimate of drug-likeness (QED) is 0.858. The van der Waals surface area contributed by atoms with Gasteiger partial charge in [0.25, 0.3) is 0 Å². The Kier molecular flexibility index (Phi) is 2.65. The standard InChI is InChI=1S/C13H14ClN3/c14-8-1-2-11-12(3-4-16-13(11)5-8)17-10-6-9(15)7-10/h1-5,9-10H,6-7,15H2,(H,16,17). The summed E-state index contributed by atoms with van der Waals surface area (Å²) in [5, 5.41) is 5.33. The fourth-order valence-corrected chi connectivity index (χ4v) is 2.41. The third-order valence-corrected chi connectivity index (χ3v) is 3.47. The molecule has 0 unspecified atom stereocenters. The summed E-state index contributed by atoms with van der Waals surface area (Å²) in [6, 6.07) is 8.63. The summed E-state index contributed by atoms with van der Waals surface area (Å²) < 4.78 is 0. The molecule has 1 saturated carbocycles. The van der Waals surface area contributed by atoms with Crippen LogP contribution in [0.2, 0.25) is 5.02 Å². The largest absolute Gasteiger partial charge is 0.382 e. The molecule has 1 fully saturated rings. The maximum Gasteiger partial charge on any atom is 0.0737 e. The third-order valence-electron chi connectivity index (χ3n) is 3.24. The van der Waals surface area contributed by atoms with Crippen molar-refractivity contribution < 1.29 is 0 Å². The highest BCUT2D eigenvalue weighted by atomic mass is 35.5. The van der Waals surface area contributed by atoms with Crippen molar-refractivity contribution in [3.63, 3.8) is 0 Å². The van der Waals surface area contributed by atoms with Gasteiger partial charge in [-0.3, -0.25) is 4.98 Å². The number of rotatable bonds is 2. The normalized spacial score (nSPS) is 23.4. The number of hydrogen-bond acceptors (Lipinski definition) is 3. The van der Waals surface area contributed by atoms with Gasteiger partial charge in [-0.15, -0.1) is 0 Å². The number of nitrogens with one attached hydrogen (secondary N) is 1. The number of anilines is 1. The lowest BCUT2D eigenvalue weighted by molar-refractivity contribution is 0.374. The van der Waals surface area contributed by atoms with Crippen LogP contribution in [0.15, 0.2) is 30.5 Å². The monoisotopic (exact) mass is 247 g/mol. The van der Waals surface area contributed by atoms with E-state index in [1.54, 1.807) is 6.20 Å². The predicted octanol–water partition coefficient (Wildman–Crippen LogP) is 2.79. The van der Waals surface area contributed by atoms with Crippen molar-refractivity contribution >= 4 is 28.2 Å². The van der Waals surface area contributed by atoms with E-state index in [1.165, 1.54) is 0 Å². The van der Waals surface area contributed by atoms with Gasteiger partial charge in [-0.05, 0) is 37.1 Å². The third kappa shape index (κ3) is 2.08. The highest BCUT2D eigenvalue weighted by molar-refractivity contribution is 6.31. The fourth-order valence-electron chi connectivity index (χ4n) is 2.25. The Balaban J connectivity index is 1.93. The molecule has 4 heteroatoms. The number of fused-ring (bicyclic) bond motifs is 1. The van der Waals surface area contributed by atoms with Crippen LogP contribution in [-0.2, 0) is 0 Å². The summed E-state index contributed by atoms with van der Waals surface area (Å²) >= 11 is 5.96. The van der Waals surface area contributed by atoms with Gasteiger partial charge in [-0.1, -0.05) is 11.6 Å². The summed E-state index contributed by atoms with van der Waals surface area (Å²) in [4.78, 5) is 4.32. The van der Waals surface area contributed by atoms with Crippen LogP contribution >= 0.6 is 11.6 Å². The van der Waals surface area contributed by atoms with Crippen molar-refractivity contribution in [2.45, 2.75) is 24.9 Å². The molecule has 0 amide bonds. The summed E-state index contributed by atoms with van der Waals surface area (Å²) in [7, 11) is 0. The van der Waals surface area contributed by atoms with Crippen molar-refractivity contribution in [3.05, 3.63) is 35.5 Å². The van der Waals surface area contributed by atoms with Gasteiger partial charge in [0.2, 0.25) is 0 Å². The maximum absolute atomic E-state index is 5.96. The van der Waals surface area contributed by atoms with E-state index in [-0.39, 0.29) is 0 Å². The van der Waals surface area contributed by atoms with Crippen LogP contribution < -0.4 is 11.1 Å². The van der Waals surface area contributed by atoms with Crippen molar-refractivity contribution in [1.82, 2.24) is 4.98 Å². The Labute approximate surface area is 105 Å². The zero-order valence-electron chi connectivity index (χ0n) is 9.36. The Morgan fingerprint density at radius 2 is 2.12 bits per heavy atom. The number of pyridine rings is 1. The van der Waals surface area contributed by atoms with E-state index < -0.39 is 0 Å². The van der Waals surface area contributed by atoms with E-state index in [0.29, 0.717) is 17.1 Å². The molecule has 1 aliphatic carbocycles. The van der Waals surface area contributed by atoms with Crippen LogP contribution in [0.4, 0.5) is 5.69 Å². The number of aromatic nitrogens is 1. The fraction of sp³-hybridized carbons (Fsp3) is 0.308. The molecule has 3 nitrogen and oxygen atoms in total. The van der Waals surface area contributed by atoms with Gasteiger partial charge in [-0.25, -0.2) is 0 Å². The lowest BCUT2D eigenvalue weighted by Crippen LogP contribution is -2.44. The molecular formula is C13H14ClN3. The number of nitrogens with zero attached hydrogens (tertiary/aromatic N) is 1. The number of benzene rings is 1. The van der Waals surface area contributed by atoms with Gasteiger partial charge in [0, 0.05) is 34.4 Å². The van der Waals surface area contributed by atoms with Crippen LogP contribution in [0, 0.1) is 0 Å². The second kappa shape index (κ2) is 4.17. The van der Waals surface area contributed by atoms with Gasteiger partial charge in [0.1, 0.15) is 0 Å². The van der Waals surface area contributed by atoms with Crippen LogP contribution in [0.3, 0.4) is 0 Å². The van der Waals surface area contributed by atoms with Gasteiger partial charge in [-0.2, -0.15) is 0 Å². The molecule has 3 N–H and O–H groups in total. The maximum atomic E-state index is 5.96. The molecule has 1 aromatic carbocycles. The molecule has 1 aromatic heterocycles. The zero-order valence-corrected chi connectivity index (χ0v) is 10.1. The first-order valence-electron chi connectivity index (χ1n) is 5.79. The minimum Gasteiger partial charge on any atom is -0.382 e. The van der Waals surface area contributed by atoms with Crippen molar-refractivity contribution in [3.8, 4) is 0 Å². The Morgan fingerprint density at radius 1 is 1.29 bits per heavy atom. The average molecular weight is 248 g/mol. The van der Waals surface area contributed by atoms with Crippen LogP contribution in [0.5, 0.6) is 0 Å². The lowest BCUT2D eigenvalue weighted by atomic mass is 9.87. The SMILES string of the molecule is NC1CC(Nc2ccnc3cc(Cl)ccc23)C1. The lowest BCUT2D eigenvalue weighted by Gasteiger charge is -2.34. The smallest absolute Gasteiger partial charge is 0.0737 e. The summed E-state index contributed by atoms with van der Waals surface area (Å²) in [6.07, 6.45) is 3.88. The summed E-state index contributed by atoms with van der Waals surface area (Å²) in [5.41, 5.74) is 7.82. The second-order valence-corrected chi connectivity index (χ2v) is 5.03. The molecule has 17 heavy (non-hydrogen) atoms. The van der Waals surface area contributed by atoms with E-state index in [9.17, 15) is 0 Å². The van der Waals surface area contributed by atoms with Crippen molar-refractivity contribution in [2.75, 3.05) is 5.32 Å². The van der Waals surface area contributed by atoms with Gasteiger partial charge in [0.05, 0.1) is 5.52 Å². The second-order valence-electron chi connectivity index (χ2n) is 4.59. The molecular weight excluding hydrogens is 234 g/mol. The number of halogens is 1. The first-order chi connectivity index (χ1) is 8.22. The predicted molar refractivity (Wildman–Crippen MR) is 71.4 cm³/mol. The molecule has 2 aromatic rings. The first kappa shape index (κ1) is 10.8. The molecule has 0 radical (unpaired) electrons. The summed E-state index contributed by atoms with van der Waals surface area (Å²) in [6.45, 7) is 0. The van der Waals surface area contributed by atoms with Gasteiger partial charge >= 0.3 is 0 Å². The Bertz CT molecular complexity index is 549. The van der Waals surface area contributed by atoms with Crippen molar-refractivity contribution in [2.24, 2.45) is 5.73 Å². The average Bonchev–Trinajstić information content (AvgIpc) is 2.27. The topological polar surface area (TPSA) is 50.9 Å². The molecule has 88 valence electrons. The van der Waals surface area contributed by atoms with Crippen LogP contribution in [0.25, 0.3) is 10.9 Å². The molecule has 1 heterocycles. The van der Waals surface area contributed by atoms with E-state index in [0.717, 1.165) is 29.4 Å². The molecule has 1 aliphatic rings. The van der Waals surface area contributed by atoms with E-state index in [4.69, 9.17) is 17.3 Å². The van der Waals surface area contributed by atoms with Gasteiger partial charge < -0.3 is 11.1 Å². The van der Waals surface area contributed by atoms with E-state index in [1.807, 2.05) is 24.3 Å². The minimum absolute atomic E-state index is 0.357. The molecule has 0 atom stereocenters. The van der Waals surface area contributed by atoms with Crippen LogP contribution in [-0.4, -0.2) is 17.1 Å². The van der Waals surface area contributed by atoms with E-state index in [2.05, 4.69) is 10.3 Å². The Hall–Kier alpha value is -1.32. The minimum atomic E-state index is 0.357. The highest BCUT2D eigenvalue weighted by Gasteiger charge is 2.25. The Morgan fingerprint density at radius 3 is 2.88 bits per heavy atom. The first-order valence-corrected chi connectivity index (χ1v) is 6.16. The van der Waals surface area contributed by atoms with Gasteiger partial charge in [0.15, 0.2) is 0 Å². The number of nitrogens with two attached hydrogens (primary N) is 1. The van der Waals surface area contributed by atoms with Crippen LogP contribution in [0.1, 0.15) is 12.8 Å². The number of hydrogen-bond donors (Lipinski definition) is 2.